The maximum absolute atomic E-state index is 12.6. The minimum Gasteiger partial charge on any atom is -0.385 e. The summed E-state index contributed by atoms with van der Waals surface area (Å²) >= 11 is 0. The standard InChI is InChI=1S/C14H19N3O3S/c1-9-4-5-12(11-3-2-6-15-14(9)11)21(19,20)17-10-7-13(18)16-8-10/h4-5,10,15,17H,2-3,6-8H2,1H3,(H,16,18). The molecule has 1 unspecified atom stereocenters. The molecule has 3 rings (SSSR count). The third-order valence-corrected chi connectivity index (χ3v) is 5.58. The van der Waals surface area contributed by atoms with Crippen molar-refractivity contribution in [2.45, 2.75) is 37.1 Å². The third kappa shape index (κ3) is 2.75. The Balaban J connectivity index is 1.94. The van der Waals surface area contributed by atoms with Gasteiger partial charge in [-0.1, -0.05) is 6.07 Å². The topological polar surface area (TPSA) is 87.3 Å². The number of carbonyl (C=O) groups is 1. The fourth-order valence-corrected chi connectivity index (χ4v) is 4.45. The van der Waals surface area contributed by atoms with E-state index in [1.165, 1.54) is 0 Å². The van der Waals surface area contributed by atoms with Gasteiger partial charge >= 0.3 is 0 Å². The lowest BCUT2D eigenvalue weighted by Crippen LogP contribution is -2.37. The van der Waals surface area contributed by atoms with Crippen LogP contribution in [-0.2, 0) is 21.2 Å². The molecule has 2 heterocycles. The minimum absolute atomic E-state index is 0.115. The molecular weight excluding hydrogens is 290 g/mol. The van der Waals surface area contributed by atoms with E-state index in [9.17, 15) is 13.2 Å². The fraction of sp³-hybridized carbons (Fsp3) is 0.500. The average molecular weight is 309 g/mol. The van der Waals surface area contributed by atoms with E-state index in [0.717, 1.165) is 36.2 Å². The summed E-state index contributed by atoms with van der Waals surface area (Å²) in [5.41, 5.74) is 2.84. The molecule has 114 valence electrons. The van der Waals surface area contributed by atoms with Crippen molar-refractivity contribution < 1.29 is 13.2 Å². The molecule has 0 bridgehead atoms. The predicted molar refractivity (Wildman–Crippen MR) is 79.7 cm³/mol. The van der Waals surface area contributed by atoms with Gasteiger partial charge in [0.25, 0.3) is 0 Å². The van der Waals surface area contributed by atoms with Gasteiger partial charge in [-0.2, -0.15) is 0 Å². The summed E-state index contributed by atoms with van der Waals surface area (Å²) in [6, 6.07) is 3.12. The van der Waals surface area contributed by atoms with Crippen LogP contribution in [-0.4, -0.2) is 33.5 Å². The highest BCUT2D eigenvalue weighted by Gasteiger charge is 2.29. The Bertz CT molecular complexity index is 685. The Morgan fingerprint density at radius 1 is 1.29 bits per heavy atom. The SMILES string of the molecule is Cc1ccc(S(=O)(=O)NC2CNC(=O)C2)c2c1NCCC2. The molecule has 6 nitrogen and oxygen atoms in total. The molecular formula is C14H19N3O3S. The molecule has 0 radical (unpaired) electrons. The number of amides is 1. The Labute approximate surface area is 124 Å². The molecule has 1 fully saturated rings. The zero-order chi connectivity index (χ0) is 15.0. The van der Waals surface area contributed by atoms with Gasteiger partial charge in [0.05, 0.1) is 4.90 Å². The van der Waals surface area contributed by atoms with Crippen molar-refractivity contribution in [2.75, 3.05) is 18.4 Å². The number of anilines is 1. The van der Waals surface area contributed by atoms with E-state index in [1.54, 1.807) is 6.07 Å². The quantitative estimate of drug-likeness (QED) is 0.760. The van der Waals surface area contributed by atoms with Crippen molar-refractivity contribution >= 4 is 21.6 Å². The second-order valence-electron chi connectivity index (χ2n) is 5.59. The zero-order valence-corrected chi connectivity index (χ0v) is 12.7. The molecule has 2 aliphatic rings. The number of rotatable bonds is 3. The number of hydrogen-bond donors (Lipinski definition) is 3. The lowest BCUT2D eigenvalue weighted by Gasteiger charge is -2.23. The van der Waals surface area contributed by atoms with Crippen molar-refractivity contribution in [1.82, 2.24) is 10.0 Å². The lowest BCUT2D eigenvalue weighted by molar-refractivity contribution is -0.119. The van der Waals surface area contributed by atoms with Gasteiger partial charge in [-0.3, -0.25) is 4.79 Å². The largest absolute Gasteiger partial charge is 0.385 e. The van der Waals surface area contributed by atoms with Crippen molar-refractivity contribution in [1.29, 1.82) is 0 Å². The molecule has 0 saturated carbocycles. The van der Waals surface area contributed by atoms with Crippen LogP contribution in [0.4, 0.5) is 5.69 Å². The molecule has 21 heavy (non-hydrogen) atoms. The maximum atomic E-state index is 12.6. The zero-order valence-electron chi connectivity index (χ0n) is 11.9. The van der Waals surface area contributed by atoms with Crippen LogP contribution in [0.5, 0.6) is 0 Å². The van der Waals surface area contributed by atoms with Crippen LogP contribution < -0.4 is 15.4 Å². The Kier molecular flexibility index (Phi) is 3.62. The van der Waals surface area contributed by atoms with Crippen LogP contribution in [0.25, 0.3) is 0 Å². The van der Waals surface area contributed by atoms with Crippen molar-refractivity contribution in [3.63, 3.8) is 0 Å². The van der Waals surface area contributed by atoms with Gasteiger partial charge in [-0.25, -0.2) is 13.1 Å². The van der Waals surface area contributed by atoms with E-state index in [1.807, 2.05) is 13.0 Å². The highest BCUT2D eigenvalue weighted by atomic mass is 32.2. The third-order valence-electron chi connectivity index (χ3n) is 3.97. The summed E-state index contributed by atoms with van der Waals surface area (Å²) in [7, 11) is -3.61. The number of benzene rings is 1. The normalized spacial score (nSPS) is 21.6. The first kappa shape index (κ1) is 14.3. The predicted octanol–water partition coefficient (Wildman–Crippen LogP) is 0.520. The van der Waals surface area contributed by atoms with Gasteiger partial charge in [0.1, 0.15) is 0 Å². The summed E-state index contributed by atoms with van der Waals surface area (Å²) in [6.45, 7) is 3.19. The van der Waals surface area contributed by atoms with Gasteiger partial charge in [-0.15, -0.1) is 0 Å². The fourth-order valence-electron chi connectivity index (χ4n) is 2.94. The number of nitrogens with one attached hydrogen (secondary N) is 3. The lowest BCUT2D eigenvalue weighted by atomic mass is 10.00. The van der Waals surface area contributed by atoms with E-state index < -0.39 is 10.0 Å². The first-order valence-corrected chi connectivity index (χ1v) is 8.61. The van der Waals surface area contributed by atoms with E-state index in [0.29, 0.717) is 11.4 Å². The Morgan fingerprint density at radius 3 is 2.81 bits per heavy atom. The van der Waals surface area contributed by atoms with Crippen molar-refractivity contribution in [3.05, 3.63) is 23.3 Å². The molecule has 0 aliphatic carbocycles. The molecule has 0 aromatic heterocycles. The molecule has 0 spiro atoms. The second-order valence-corrected chi connectivity index (χ2v) is 7.27. The number of carbonyl (C=O) groups excluding carboxylic acids is 1. The van der Waals surface area contributed by atoms with Crippen LogP contribution in [0.2, 0.25) is 0 Å². The highest BCUT2D eigenvalue weighted by molar-refractivity contribution is 7.89. The number of fused-ring (bicyclic) bond motifs is 1. The molecule has 1 amide bonds. The number of hydrogen-bond acceptors (Lipinski definition) is 4. The van der Waals surface area contributed by atoms with Crippen LogP contribution in [0.15, 0.2) is 17.0 Å². The van der Waals surface area contributed by atoms with Crippen LogP contribution in [0, 0.1) is 6.92 Å². The summed E-state index contributed by atoms with van der Waals surface area (Å²) in [4.78, 5) is 11.5. The monoisotopic (exact) mass is 309 g/mol. The summed E-state index contributed by atoms with van der Waals surface area (Å²) < 4.78 is 27.8. The number of sulfonamides is 1. The van der Waals surface area contributed by atoms with E-state index >= 15 is 0 Å². The Hall–Kier alpha value is -1.60. The highest BCUT2D eigenvalue weighted by Crippen LogP contribution is 2.31. The minimum atomic E-state index is -3.61. The molecule has 2 aliphatic heterocycles. The molecule has 7 heteroatoms. The maximum Gasteiger partial charge on any atom is 0.241 e. The van der Waals surface area contributed by atoms with E-state index in [2.05, 4.69) is 15.4 Å². The first-order chi connectivity index (χ1) is 9.97. The molecule has 1 aromatic carbocycles. The smallest absolute Gasteiger partial charge is 0.241 e. The molecule has 1 atom stereocenters. The van der Waals surface area contributed by atoms with Gasteiger partial charge in [0.15, 0.2) is 0 Å². The van der Waals surface area contributed by atoms with Crippen molar-refractivity contribution in [2.24, 2.45) is 0 Å². The number of aryl methyl sites for hydroxylation is 1. The van der Waals surface area contributed by atoms with Gasteiger partial charge in [0, 0.05) is 31.2 Å². The Morgan fingerprint density at radius 2 is 2.10 bits per heavy atom. The van der Waals surface area contributed by atoms with E-state index in [-0.39, 0.29) is 18.4 Å². The first-order valence-electron chi connectivity index (χ1n) is 7.13. The van der Waals surface area contributed by atoms with Gasteiger partial charge in [-0.05, 0) is 37.0 Å². The van der Waals surface area contributed by atoms with Crippen molar-refractivity contribution in [3.8, 4) is 0 Å². The van der Waals surface area contributed by atoms with Crippen LogP contribution >= 0.6 is 0 Å². The van der Waals surface area contributed by atoms with Crippen LogP contribution in [0.1, 0.15) is 24.0 Å². The van der Waals surface area contributed by atoms with Crippen LogP contribution in [0.3, 0.4) is 0 Å². The van der Waals surface area contributed by atoms with E-state index in [4.69, 9.17) is 0 Å². The summed E-state index contributed by atoms with van der Waals surface area (Å²) in [5, 5.41) is 5.92. The summed E-state index contributed by atoms with van der Waals surface area (Å²) in [6.07, 6.45) is 1.87. The molecule has 3 N–H and O–H groups in total. The molecule has 1 saturated heterocycles. The molecule has 1 aromatic rings. The second kappa shape index (κ2) is 5.31. The van der Waals surface area contributed by atoms with Gasteiger partial charge < -0.3 is 10.6 Å². The van der Waals surface area contributed by atoms with Gasteiger partial charge in [0.2, 0.25) is 15.9 Å². The average Bonchev–Trinajstić information content (AvgIpc) is 2.83. The summed E-state index contributed by atoms with van der Waals surface area (Å²) in [5.74, 6) is -0.115.